The number of rotatable bonds is 7. The fourth-order valence-corrected chi connectivity index (χ4v) is 2.48. The van der Waals surface area contributed by atoms with E-state index in [4.69, 9.17) is 9.57 Å². The average molecular weight is 395 g/mol. The predicted molar refractivity (Wildman–Crippen MR) is 105 cm³/mol. The molecule has 1 amide bonds. The fraction of sp³-hybridized carbons (Fsp3) is 0.100. The molecule has 3 rings (SSSR count). The van der Waals surface area contributed by atoms with Crippen LogP contribution in [0.5, 0.6) is 5.75 Å². The minimum absolute atomic E-state index is 0.100. The highest BCUT2D eigenvalue weighted by Crippen LogP contribution is 2.16. The number of amides is 1. The molecule has 0 aliphatic rings. The number of aromatic nitrogens is 1. The summed E-state index contributed by atoms with van der Waals surface area (Å²) in [5, 5.41) is 13.2. The number of pyridine rings is 1. The first-order chi connectivity index (χ1) is 14.0. The number of nitro groups is 1. The summed E-state index contributed by atoms with van der Waals surface area (Å²) in [7, 11) is 1.57. The van der Waals surface area contributed by atoms with E-state index in [2.05, 4.69) is 5.32 Å². The van der Waals surface area contributed by atoms with Crippen LogP contribution in [-0.2, 0) is 6.61 Å². The number of hydrogen-bond donors (Lipinski definition) is 1. The van der Waals surface area contributed by atoms with Crippen LogP contribution < -0.4 is 20.5 Å². The molecule has 1 aromatic heterocycles. The molecule has 9 heteroatoms. The Morgan fingerprint density at radius 3 is 2.41 bits per heavy atom. The Morgan fingerprint density at radius 2 is 1.79 bits per heavy atom. The van der Waals surface area contributed by atoms with Crippen molar-refractivity contribution in [3.8, 4) is 5.75 Å². The smallest absolute Gasteiger partial charge is 0.295 e. The zero-order chi connectivity index (χ0) is 20.8. The van der Waals surface area contributed by atoms with E-state index in [0.29, 0.717) is 11.4 Å². The van der Waals surface area contributed by atoms with Gasteiger partial charge in [-0.15, -0.1) is 0 Å². The Kier molecular flexibility index (Phi) is 5.88. The van der Waals surface area contributed by atoms with Crippen LogP contribution >= 0.6 is 0 Å². The van der Waals surface area contributed by atoms with Gasteiger partial charge in [0.2, 0.25) is 0 Å². The van der Waals surface area contributed by atoms with Gasteiger partial charge in [0.1, 0.15) is 17.9 Å². The van der Waals surface area contributed by atoms with Crippen LogP contribution in [0.25, 0.3) is 0 Å². The minimum Gasteiger partial charge on any atom is -0.497 e. The van der Waals surface area contributed by atoms with Gasteiger partial charge in [-0.2, -0.15) is 4.73 Å². The zero-order valence-electron chi connectivity index (χ0n) is 15.4. The van der Waals surface area contributed by atoms with Crippen molar-refractivity contribution in [3.05, 3.63) is 98.5 Å². The van der Waals surface area contributed by atoms with Crippen LogP contribution in [0.4, 0.5) is 11.4 Å². The van der Waals surface area contributed by atoms with Crippen molar-refractivity contribution in [2.24, 2.45) is 0 Å². The molecule has 0 atom stereocenters. The lowest BCUT2D eigenvalue weighted by Gasteiger charge is -2.10. The van der Waals surface area contributed by atoms with E-state index in [1.807, 2.05) is 0 Å². The monoisotopic (exact) mass is 395 g/mol. The molecule has 0 spiro atoms. The van der Waals surface area contributed by atoms with Crippen LogP contribution in [0.15, 0.2) is 71.7 Å². The van der Waals surface area contributed by atoms with Crippen molar-refractivity contribution >= 4 is 17.3 Å². The summed E-state index contributed by atoms with van der Waals surface area (Å²) in [6.07, 6.45) is 1.41. The van der Waals surface area contributed by atoms with Crippen LogP contribution in [0.2, 0.25) is 0 Å². The summed E-state index contributed by atoms with van der Waals surface area (Å²) in [5.74, 6) is 0.0575. The molecule has 0 saturated heterocycles. The standard InChI is InChI=1S/C20H17N3O6/c1-28-17-10-4-14(5-11-17)13-29-22-12-2-3-18(20(22)25)19(24)21-15-6-8-16(9-7-15)23(26)27/h2-12H,13H2,1H3,(H,21,24). The van der Waals surface area contributed by atoms with Crippen molar-refractivity contribution in [3.63, 3.8) is 0 Å². The quantitative estimate of drug-likeness (QED) is 0.486. The summed E-state index contributed by atoms with van der Waals surface area (Å²) in [6.45, 7) is 0.122. The Bertz CT molecular complexity index is 1070. The highest BCUT2D eigenvalue weighted by atomic mass is 16.7. The van der Waals surface area contributed by atoms with Crippen molar-refractivity contribution in [2.75, 3.05) is 12.4 Å². The summed E-state index contributed by atoms with van der Waals surface area (Å²) in [4.78, 5) is 40.6. The number of carbonyl (C=O) groups excluding carboxylic acids is 1. The molecule has 1 heterocycles. The predicted octanol–water partition coefficient (Wildman–Crippen LogP) is 2.65. The lowest BCUT2D eigenvalue weighted by Crippen LogP contribution is -2.32. The Labute approximate surface area is 165 Å². The highest BCUT2D eigenvalue weighted by molar-refractivity contribution is 6.04. The normalized spacial score (nSPS) is 10.2. The largest absolute Gasteiger partial charge is 0.497 e. The van der Waals surface area contributed by atoms with E-state index >= 15 is 0 Å². The zero-order valence-corrected chi connectivity index (χ0v) is 15.4. The van der Waals surface area contributed by atoms with E-state index in [1.54, 1.807) is 31.4 Å². The average Bonchev–Trinajstić information content (AvgIpc) is 2.73. The first-order valence-corrected chi connectivity index (χ1v) is 8.51. The van der Waals surface area contributed by atoms with Gasteiger partial charge in [-0.05, 0) is 42.0 Å². The first kappa shape index (κ1) is 19.6. The number of nitrogens with one attached hydrogen (secondary N) is 1. The van der Waals surface area contributed by atoms with Gasteiger partial charge in [0.05, 0.1) is 12.0 Å². The van der Waals surface area contributed by atoms with Gasteiger partial charge in [0.15, 0.2) is 0 Å². The number of carbonyl (C=O) groups is 1. The van der Waals surface area contributed by atoms with Crippen molar-refractivity contribution in [1.29, 1.82) is 0 Å². The number of nitrogens with zero attached hydrogens (tertiary/aromatic N) is 2. The second-order valence-electron chi connectivity index (χ2n) is 5.93. The van der Waals surface area contributed by atoms with Gasteiger partial charge in [-0.25, -0.2) is 0 Å². The summed E-state index contributed by atoms with van der Waals surface area (Å²) in [6, 6.07) is 15.3. The molecule has 0 fully saturated rings. The molecular formula is C20H17N3O6. The maximum Gasteiger partial charge on any atom is 0.295 e. The minimum atomic E-state index is -0.647. The fourth-order valence-electron chi connectivity index (χ4n) is 2.48. The van der Waals surface area contributed by atoms with Crippen molar-refractivity contribution < 1.29 is 19.3 Å². The van der Waals surface area contributed by atoms with Crippen LogP contribution in [0.3, 0.4) is 0 Å². The third-order valence-corrected chi connectivity index (χ3v) is 4.02. The summed E-state index contributed by atoms with van der Waals surface area (Å²) < 4.78 is 6.07. The highest BCUT2D eigenvalue weighted by Gasteiger charge is 2.14. The molecule has 3 aromatic rings. The molecular weight excluding hydrogens is 378 g/mol. The number of ether oxygens (including phenoxy) is 1. The lowest BCUT2D eigenvalue weighted by atomic mass is 10.2. The van der Waals surface area contributed by atoms with Gasteiger partial charge in [0.25, 0.3) is 17.2 Å². The van der Waals surface area contributed by atoms with Crippen LogP contribution in [0.1, 0.15) is 15.9 Å². The number of nitro benzene ring substituents is 1. The molecule has 0 unspecified atom stereocenters. The third kappa shape index (κ3) is 4.78. The van der Waals surface area contributed by atoms with Crippen molar-refractivity contribution in [1.82, 2.24) is 4.73 Å². The van der Waals surface area contributed by atoms with Gasteiger partial charge in [0, 0.05) is 24.0 Å². The molecule has 0 saturated carbocycles. The molecule has 29 heavy (non-hydrogen) atoms. The SMILES string of the molecule is COc1ccc(COn2cccc(C(=O)Nc3ccc([N+](=O)[O-])cc3)c2=O)cc1. The van der Waals surface area contributed by atoms with Crippen molar-refractivity contribution in [2.45, 2.75) is 6.61 Å². The molecule has 0 aliphatic heterocycles. The van der Waals surface area contributed by atoms with Crippen LogP contribution in [0, 0.1) is 10.1 Å². The number of hydrogen-bond acceptors (Lipinski definition) is 6. The second kappa shape index (κ2) is 8.70. The summed E-state index contributed by atoms with van der Waals surface area (Å²) >= 11 is 0. The number of non-ortho nitro benzene ring substituents is 1. The van der Waals surface area contributed by atoms with Gasteiger partial charge in [-0.1, -0.05) is 12.1 Å². The maximum atomic E-state index is 12.5. The van der Waals surface area contributed by atoms with E-state index < -0.39 is 16.4 Å². The van der Waals surface area contributed by atoms with E-state index in [9.17, 15) is 19.7 Å². The second-order valence-corrected chi connectivity index (χ2v) is 5.93. The van der Waals surface area contributed by atoms with E-state index in [0.717, 1.165) is 10.3 Å². The van der Waals surface area contributed by atoms with E-state index in [-0.39, 0.29) is 17.9 Å². The molecule has 0 radical (unpaired) electrons. The third-order valence-electron chi connectivity index (χ3n) is 4.02. The number of methoxy groups -OCH3 is 1. The van der Waals surface area contributed by atoms with Gasteiger partial charge < -0.3 is 14.9 Å². The topological polar surface area (TPSA) is 113 Å². The molecule has 0 bridgehead atoms. The van der Waals surface area contributed by atoms with E-state index in [1.165, 1.54) is 42.6 Å². The van der Waals surface area contributed by atoms with Gasteiger partial charge >= 0.3 is 0 Å². The molecule has 0 aliphatic carbocycles. The molecule has 9 nitrogen and oxygen atoms in total. The first-order valence-electron chi connectivity index (χ1n) is 8.51. The Hall–Kier alpha value is -4.14. The Balaban J connectivity index is 1.70. The van der Waals surface area contributed by atoms with Crippen LogP contribution in [-0.4, -0.2) is 22.7 Å². The number of benzene rings is 2. The maximum absolute atomic E-state index is 12.5. The van der Waals surface area contributed by atoms with Gasteiger partial charge in [-0.3, -0.25) is 19.7 Å². The molecule has 1 N–H and O–H groups in total. The molecule has 2 aromatic carbocycles. The lowest BCUT2D eigenvalue weighted by molar-refractivity contribution is -0.384. The number of anilines is 1. The summed E-state index contributed by atoms with van der Waals surface area (Å²) in [5.41, 5.74) is 0.297. The Morgan fingerprint density at radius 1 is 1.10 bits per heavy atom. The molecule has 148 valence electrons.